The lowest BCUT2D eigenvalue weighted by molar-refractivity contribution is -0.384. The number of carbonyl (C=O) groups is 1. The number of methoxy groups -OCH3 is 1. The number of carbonyl (C=O) groups excluding carboxylic acids is 1. The van der Waals surface area contributed by atoms with E-state index in [1.54, 1.807) is 0 Å². The number of aromatic nitrogens is 2. The highest BCUT2D eigenvalue weighted by atomic mass is 35.5. The molecule has 0 aliphatic heterocycles. The zero-order valence-electron chi connectivity index (χ0n) is 10.9. The predicted octanol–water partition coefficient (Wildman–Crippen LogP) is 2.09. The molecular formula is C12H11ClN4O4. The van der Waals surface area contributed by atoms with E-state index in [9.17, 15) is 14.9 Å². The molecule has 1 amide bonds. The molecule has 1 aromatic heterocycles. The lowest BCUT2D eigenvalue weighted by Gasteiger charge is -2.07. The van der Waals surface area contributed by atoms with Crippen LogP contribution < -0.4 is 10.1 Å². The summed E-state index contributed by atoms with van der Waals surface area (Å²) in [6, 6.07) is 4.17. The minimum atomic E-state index is -0.594. The molecule has 2 aromatic rings. The summed E-state index contributed by atoms with van der Waals surface area (Å²) in [6.45, 7) is -0.101. The number of amides is 1. The van der Waals surface area contributed by atoms with E-state index < -0.39 is 10.8 Å². The minimum Gasteiger partial charge on any atom is -0.496 e. The lowest BCUT2D eigenvalue weighted by Crippen LogP contribution is -2.19. The molecule has 21 heavy (non-hydrogen) atoms. The van der Waals surface area contributed by atoms with E-state index in [0.717, 1.165) is 0 Å². The van der Waals surface area contributed by atoms with Gasteiger partial charge < -0.3 is 10.1 Å². The summed E-state index contributed by atoms with van der Waals surface area (Å²) in [5.74, 6) is -0.124. The SMILES string of the molecule is COc1ccc(NC(=O)Cn2cc(Cl)cn2)c([N+](=O)[O-])c1. The van der Waals surface area contributed by atoms with Crippen molar-refractivity contribution in [3.63, 3.8) is 0 Å². The molecule has 0 spiro atoms. The number of benzene rings is 1. The van der Waals surface area contributed by atoms with E-state index in [1.807, 2.05) is 0 Å². The summed E-state index contributed by atoms with van der Waals surface area (Å²) >= 11 is 5.69. The summed E-state index contributed by atoms with van der Waals surface area (Å²) in [4.78, 5) is 22.3. The van der Waals surface area contributed by atoms with Gasteiger partial charge >= 0.3 is 0 Å². The number of halogens is 1. The Labute approximate surface area is 124 Å². The summed E-state index contributed by atoms with van der Waals surface area (Å²) in [6.07, 6.45) is 2.87. The number of nitro benzene ring substituents is 1. The fourth-order valence-corrected chi connectivity index (χ4v) is 1.81. The van der Waals surface area contributed by atoms with Crippen LogP contribution in [-0.4, -0.2) is 27.7 Å². The second-order valence-corrected chi connectivity index (χ2v) is 4.48. The van der Waals surface area contributed by atoms with Crippen molar-refractivity contribution < 1.29 is 14.5 Å². The van der Waals surface area contributed by atoms with Crippen LogP contribution in [0.25, 0.3) is 0 Å². The number of rotatable bonds is 5. The predicted molar refractivity (Wildman–Crippen MR) is 75.5 cm³/mol. The van der Waals surface area contributed by atoms with Gasteiger partial charge in [0.25, 0.3) is 5.69 Å². The highest BCUT2D eigenvalue weighted by Crippen LogP contribution is 2.28. The third kappa shape index (κ3) is 3.69. The Morgan fingerprint density at radius 2 is 2.33 bits per heavy atom. The summed E-state index contributed by atoms with van der Waals surface area (Å²) < 4.78 is 6.24. The van der Waals surface area contributed by atoms with Crippen molar-refractivity contribution in [3.8, 4) is 5.75 Å². The van der Waals surface area contributed by atoms with Crippen molar-refractivity contribution in [2.24, 2.45) is 0 Å². The van der Waals surface area contributed by atoms with Crippen LogP contribution in [0, 0.1) is 10.1 Å². The van der Waals surface area contributed by atoms with Gasteiger partial charge in [-0.1, -0.05) is 11.6 Å². The highest BCUT2D eigenvalue weighted by Gasteiger charge is 2.17. The molecule has 1 N–H and O–H groups in total. The molecule has 1 aromatic carbocycles. The third-order valence-electron chi connectivity index (χ3n) is 2.58. The third-order valence-corrected chi connectivity index (χ3v) is 2.78. The molecule has 0 unspecified atom stereocenters. The van der Waals surface area contributed by atoms with Crippen LogP contribution in [-0.2, 0) is 11.3 Å². The van der Waals surface area contributed by atoms with Gasteiger partial charge in [-0.25, -0.2) is 0 Å². The molecule has 0 atom stereocenters. The molecule has 0 fully saturated rings. The zero-order chi connectivity index (χ0) is 15.4. The Hall–Kier alpha value is -2.61. The summed E-state index contributed by atoms with van der Waals surface area (Å²) in [5.41, 5.74) is -0.162. The molecule has 0 radical (unpaired) electrons. The van der Waals surface area contributed by atoms with Crippen LogP contribution in [0.2, 0.25) is 5.02 Å². The van der Waals surface area contributed by atoms with Crippen molar-refractivity contribution >= 4 is 28.9 Å². The molecule has 0 saturated carbocycles. The normalized spacial score (nSPS) is 10.2. The van der Waals surface area contributed by atoms with Gasteiger partial charge in [-0.3, -0.25) is 19.6 Å². The van der Waals surface area contributed by atoms with E-state index in [4.69, 9.17) is 16.3 Å². The average molecular weight is 311 g/mol. The molecule has 8 nitrogen and oxygen atoms in total. The number of nitrogens with zero attached hydrogens (tertiary/aromatic N) is 3. The van der Waals surface area contributed by atoms with E-state index in [0.29, 0.717) is 10.8 Å². The second-order valence-electron chi connectivity index (χ2n) is 4.04. The van der Waals surface area contributed by atoms with Gasteiger partial charge in [0.1, 0.15) is 18.0 Å². The van der Waals surface area contributed by atoms with Gasteiger partial charge in [0.2, 0.25) is 5.91 Å². The molecule has 110 valence electrons. The highest BCUT2D eigenvalue weighted by molar-refractivity contribution is 6.30. The quantitative estimate of drug-likeness (QED) is 0.673. The summed E-state index contributed by atoms with van der Waals surface area (Å²) in [5, 5.41) is 17.7. The van der Waals surface area contributed by atoms with E-state index in [2.05, 4.69) is 10.4 Å². The molecule has 1 heterocycles. The fraction of sp³-hybridized carbons (Fsp3) is 0.167. The fourth-order valence-electron chi connectivity index (χ4n) is 1.66. The van der Waals surface area contributed by atoms with Gasteiger partial charge in [0.15, 0.2) is 0 Å². The minimum absolute atomic E-state index is 0.0871. The monoisotopic (exact) mass is 310 g/mol. The van der Waals surface area contributed by atoms with Gasteiger partial charge in [-0.2, -0.15) is 5.10 Å². The van der Waals surface area contributed by atoms with E-state index >= 15 is 0 Å². The molecule has 0 saturated heterocycles. The van der Waals surface area contributed by atoms with Gasteiger partial charge in [-0.15, -0.1) is 0 Å². The van der Waals surface area contributed by atoms with Crippen molar-refractivity contribution in [3.05, 3.63) is 45.7 Å². The number of ether oxygens (including phenoxy) is 1. The van der Waals surface area contributed by atoms with Crippen molar-refractivity contribution in [1.82, 2.24) is 9.78 Å². The first-order chi connectivity index (χ1) is 9.99. The Kier molecular flexibility index (Phi) is 4.39. The molecule has 0 aliphatic carbocycles. The maximum atomic E-state index is 11.9. The topological polar surface area (TPSA) is 99.3 Å². The number of nitrogens with one attached hydrogen (secondary N) is 1. The van der Waals surface area contributed by atoms with E-state index in [1.165, 1.54) is 42.4 Å². The smallest absolute Gasteiger partial charge is 0.296 e. The first-order valence-corrected chi connectivity index (χ1v) is 6.17. The first kappa shape index (κ1) is 14.8. The first-order valence-electron chi connectivity index (χ1n) is 5.80. The number of hydrogen-bond acceptors (Lipinski definition) is 5. The van der Waals surface area contributed by atoms with Crippen molar-refractivity contribution in [2.45, 2.75) is 6.54 Å². The van der Waals surface area contributed by atoms with E-state index in [-0.39, 0.29) is 17.9 Å². The van der Waals surface area contributed by atoms with Crippen LogP contribution in [0.15, 0.2) is 30.6 Å². The Morgan fingerprint density at radius 3 is 2.90 bits per heavy atom. The molecule has 2 rings (SSSR count). The largest absolute Gasteiger partial charge is 0.496 e. The standard InChI is InChI=1S/C12H11ClN4O4/c1-21-9-2-3-10(11(4-9)17(19)20)15-12(18)7-16-6-8(13)5-14-16/h2-6H,7H2,1H3,(H,15,18). The maximum absolute atomic E-state index is 11.9. The van der Waals surface area contributed by atoms with Crippen LogP contribution in [0.5, 0.6) is 5.75 Å². The van der Waals surface area contributed by atoms with Gasteiger partial charge in [0.05, 0.1) is 29.3 Å². The zero-order valence-corrected chi connectivity index (χ0v) is 11.7. The van der Waals surface area contributed by atoms with Gasteiger partial charge in [0, 0.05) is 6.20 Å². The number of nitro groups is 1. The van der Waals surface area contributed by atoms with Crippen LogP contribution in [0.3, 0.4) is 0 Å². The number of hydrogen-bond donors (Lipinski definition) is 1. The maximum Gasteiger partial charge on any atom is 0.296 e. The number of anilines is 1. The Morgan fingerprint density at radius 1 is 1.57 bits per heavy atom. The second kappa shape index (κ2) is 6.23. The van der Waals surface area contributed by atoms with Gasteiger partial charge in [-0.05, 0) is 12.1 Å². The molecular weight excluding hydrogens is 300 g/mol. The van der Waals surface area contributed by atoms with Crippen LogP contribution in [0.1, 0.15) is 0 Å². The summed E-state index contributed by atoms with van der Waals surface area (Å²) in [7, 11) is 1.40. The Bertz CT molecular complexity index is 686. The average Bonchev–Trinajstić information content (AvgIpc) is 2.84. The van der Waals surface area contributed by atoms with Crippen LogP contribution in [0.4, 0.5) is 11.4 Å². The molecule has 0 bridgehead atoms. The lowest BCUT2D eigenvalue weighted by atomic mass is 10.2. The van der Waals surface area contributed by atoms with Crippen molar-refractivity contribution in [1.29, 1.82) is 0 Å². The van der Waals surface area contributed by atoms with Crippen molar-refractivity contribution in [2.75, 3.05) is 12.4 Å². The molecule has 9 heteroatoms. The van der Waals surface area contributed by atoms with Crippen LogP contribution >= 0.6 is 11.6 Å². The molecule has 0 aliphatic rings. The Balaban J connectivity index is 2.14.